The molecule has 0 aliphatic heterocycles. The molecule has 0 fully saturated rings. The Bertz CT molecular complexity index is 3630. The number of nitrogens with zero attached hydrogens (tertiary/aromatic N) is 3. The SMILES string of the molecule is c1ccc2c(-c3cccc4oc5ccccc5c34)nc(-c3ccc(-n4c5ccc6cccc7oc8cccc9ccc4c(c98)c5c67)c4ccccc34)nc2c1. The van der Waals surface area contributed by atoms with E-state index in [0.717, 1.165) is 110 Å². The molecule has 0 aliphatic carbocycles. The van der Waals surface area contributed by atoms with Crippen molar-refractivity contribution in [3.8, 4) is 28.3 Å². The van der Waals surface area contributed by atoms with Gasteiger partial charge in [0, 0.05) is 54.2 Å². The molecular weight excluding hydrogens is 675 g/mol. The molecule has 0 saturated heterocycles. The van der Waals surface area contributed by atoms with E-state index in [1.54, 1.807) is 0 Å². The summed E-state index contributed by atoms with van der Waals surface area (Å²) in [6, 6.07) is 57.5. The highest BCUT2D eigenvalue weighted by Crippen LogP contribution is 2.46. The molecule has 0 atom stereocenters. The summed E-state index contributed by atoms with van der Waals surface area (Å²) in [5.41, 5.74) is 10.6. The number of hydrogen-bond donors (Lipinski definition) is 0. The summed E-state index contributed by atoms with van der Waals surface area (Å²) < 4.78 is 15.4. The Balaban J connectivity index is 1.11. The van der Waals surface area contributed by atoms with E-state index in [9.17, 15) is 0 Å². The number of para-hydroxylation sites is 2. The number of aromatic nitrogens is 3. The molecule has 0 spiro atoms. The third-order valence-corrected chi connectivity index (χ3v) is 11.6. The van der Waals surface area contributed by atoms with Gasteiger partial charge in [0.25, 0.3) is 0 Å². The second-order valence-electron chi connectivity index (χ2n) is 14.4. The van der Waals surface area contributed by atoms with Gasteiger partial charge in [-0.3, -0.25) is 0 Å². The fourth-order valence-corrected chi connectivity index (χ4v) is 9.27. The van der Waals surface area contributed by atoms with Gasteiger partial charge in [0.15, 0.2) is 5.82 Å². The first-order chi connectivity index (χ1) is 27.3. The molecule has 254 valence electrons. The monoisotopic (exact) mass is 701 g/mol. The van der Waals surface area contributed by atoms with E-state index < -0.39 is 0 Å². The van der Waals surface area contributed by atoms with Gasteiger partial charge in [0.2, 0.25) is 0 Å². The molecule has 5 heteroatoms. The van der Waals surface area contributed by atoms with Crippen molar-refractivity contribution in [3.63, 3.8) is 0 Å². The lowest BCUT2D eigenvalue weighted by atomic mass is 9.99. The van der Waals surface area contributed by atoms with Crippen LogP contribution in [0.4, 0.5) is 0 Å². The summed E-state index contributed by atoms with van der Waals surface area (Å²) in [6.45, 7) is 0. The zero-order valence-corrected chi connectivity index (χ0v) is 29.2. The van der Waals surface area contributed by atoms with Crippen LogP contribution in [0.2, 0.25) is 0 Å². The Labute approximate surface area is 312 Å². The molecule has 0 saturated carbocycles. The van der Waals surface area contributed by atoms with Crippen LogP contribution in [0.25, 0.3) is 126 Å². The lowest BCUT2D eigenvalue weighted by Gasteiger charge is -2.16. The Hall–Kier alpha value is -7.50. The van der Waals surface area contributed by atoms with Crippen molar-refractivity contribution in [1.29, 1.82) is 0 Å². The summed E-state index contributed by atoms with van der Waals surface area (Å²) in [5, 5.41) is 12.4. The second kappa shape index (κ2) is 10.6. The predicted molar refractivity (Wildman–Crippen MR) is 226 cm³/mol. The second-order valence-corrected chi connectivity index (χ2v) is 14.4. The van der Waals surface area contributed by atoms with Gasteiger partial charge in [-0.1, -0.05) is 109 Å². The van der Waals surface area contributed by atoms with E-state index in [-0.39, 0.29) is 0 Å². The Morgan fingerprint density at radius 2 is 0.945 bits per heavy atom. The number of hydrogen-bond acceptors (Lipinski definition) is 4. The van der Waals surface area contributed by atoms with Crippen LogP contribution in [-0.4, -0.2) is 14.5 Å². The van der Waals surface area contributed by atoms with Crippen LogP contribution >= 0.6 is 0 Å². The standard InChI is InChI=1S/C50H27N3O2/c1-2-13-31-30(12-1)32(50-51-36-17-5-3-14-33(36)49(52-50)35-16-9-21-43-46(35)34-15-4-6-18-40(34)54-43)24-27-37(31)53-38-25-22-28-10-7-19-41-44(28)47(38)48-39(53)26-23-29-11-8-20-42(55-41)45(29)48/h1-27H. The Kier molecular flexibility index (Phi) is 5.57. The number of rotatable bonds is 3. The van der Waals surface area contributed by atoms with Gasteiger partial charge >= 0.3 is 0 Å². The molecule has 13 rings (SSSR count). The van der Waals surface area contributed by atoms with E-state index >= 15 is 0 Å². The van der Waals surface area contributed by atoms with E-state index in [2.05, 4.69) is 144 Å². The largest absolute Gasteiger partial charge is 0.456 e. The molecule has 0 unspecified atom stereocenters. The molecule has 4 aromatic heterocycles. The molecule has 55 heavy (non-hydrogen) atoms. The van der Waals surface area contributed by atoms with Gasteiger partial charge in [-0.05, 0) is 70.8 Å². The summed E-state index contributed by atoms with van der Waals surface area (Å²) in [6.07, 6.45) is 0. The average molecular weight is 702 g/mol. The zero-order chi connectivity index (χ0) is 35.8. The fourth-order valence-electron chi connectivity index (χ4n) is 9.27. The molecule has 5 nitrogen and oxygen atoms in total. The maximum atomic E-state index is 6.68. The van der Waals surface area contributed by atoms with E-state index in [1.165, 1.54) is 10.8 Å². The maximum Gasteiger partial charge on any atom is 0.161 e. The van der Waals surface area contributed by atoms with Crippen LogP contribution in [0.3, 0.4) is 0 Å². The van der Waals surface area contributed by atoms with E-state index in [1.807, 2.05) is 24.3 Å². The fraction of sp³-hybridized carbons (Fsp3) is 0. The molecule has 0 N–H and O–H groups in total. The highest BCUT2D eigenvalue weighted by Gasteiger charge is 2.24. The van der Waals surface area contributed by atoms with Crippen LogP contribution in [0.5, 0.6) is 0 Å². The van der Waals surface area contributed by atoms with Gasteiger partial charge < -0.3 is 13.4 Å². The topological polar surface area (TPSA) is 57.0 Å². The lowest BCUT2D eigenvalue weighted by molar-refractivity contribution is 0.664. The van der Waals surface area contributed by atoms with Crippen LogP contribution in [0, 0.1) is 0 Å². The third kappa shape index (κ3) is 3.86. The number of benzene rings is 9. The molecule has 0 radical (unpaired) electrons. The third-order valence-electron chi connectivity index (χ3n) is 11.6. The van der Waals surface area contributed by atoms with Crippen molar-refractivity contribution in [1.82, 2.24) is 14.5 Å². The summed E-state index contributed by atoms with van der Waals surface area (Å²) in [5.74, 6) is 0.682. The highest BCUT2D eigenvalue weighted by molar-refractivity contribution is 6.34. The summed E-state index contributed by atoms with van der Waals surface area (Å²) in [4.78, 5) is 10.7. The minimum Gasteiger partial charge on any atom is -0.456 e. The van der Waals surface area contributed by atoms with Crippen LogP contribution < -0.4 is 0 Å². The minimum atomic E-state index is 0.682. The van der Waals surface area contributed by atoms with Gasteiger partial charge in [0.1, 0.15) is 22.3 Å². The average Bonchev–Trinajstić information content (AvgIpc) is 3.74. The van der Waals surface area contributed by atoms with Gasteiger partial charge in [-0.2, -0.15) is 0 Å². The van der Waals surface area contributed by atoms with Crippen LogP contribution in [0.15, 0.2) is 173 Å². The minimum absolute atomic E-state index is 0.682. The number of furan rings is 1. The quantitative estimate of drug-likeness (QED) is 0.184. The Morgan fingerprint density at radius 1 is 0.364 bits per heavy atom. The van der Waals surface area contributed by atoms with Gasteiger partial charge in [0.05, 0.1) is 27.9 Å². The first-order valence-electron chi connectivity index (χ1n) is 18.6. The van der Waals surface area contributed by atoms with Crippen LogP contribution in [0.1, 0.15) is 0 Å². The number of fused-ring (bicyclic) bond motifs is 5. The van der Waals surface area contributed by atoms with Crippen molar-refractivity contribution >= 4 is 98.1 Å². The molecule has 0 bridgehead atoms. The zero-order valence-electron chi connectivity index (χ0n) is 29.2. The van der Waals surface area contributed by atoms with Crippen molar-refractivity contribution in [2.24, 2.45) is 0 Å². The lowest BCUT2D eigenvalue weighted by Crippen LogP contribution is -1.99. The molecule has 4 heterocycles. The van der Waals surface area contributed by atoms with E-state index in [4.69, 9.17) is 18.8 Å². The molecule has 0 aliphatic rings. The smallest absolute Gasteiger partial charge is 0.161 e. The van der Waals surface area contributed by atoms with Crippen LogP contribution in [-0.2, 0) is 0 Å². The van der Waals surface area contributed by atoms with Gasteiger partial charge in [-0.15, -0.1) is 0 Å². The van der Waals surface area contributed by atoms with Crippen molar-refractivity contribution < 1.29 is 8.83 Å². The van der Waals surface area contributed by atoms with Crippen molar-refractivity contribution in [2.45, 2.75) is 0 Å². The molecular formula is C50H27N3O2. The summed E-state index contributed by atoms with van der Waals surface area (Å²) >= 11 is 0. The molecule has 0 amide bonds. The first kappa shape index (κ1) is 29.0. The normalized spacial score (nSPS) is 12.4. The van der Waals surface area contributed by atoms with Gasteiger partial charge in [-0.25, -0.2) is 9.97 Å². The maximum absolute atomic E-state index is 6.68. The van der Waals surface area contributed by atoms with E-state index in [0.29, 0.717) is 5.82 Å². The predicted octanol–water partition coefficient (Wildman–Crippen LogP) is 13.6. The van der Waals surface area contributed by atoms with Crippen molar-refractivity contribution in [2.75, 3.05) is 0 Å². The summed E-state index contributed by atoms with van der Waals surface area (Å²) in [7, 11) is 0. The molecule has 9 aromatic carbocycles. The molecule has 13 aromatic rings. The highest BCUT2D eigenvalue weighted by atomic mass is 16.3. The first-order valence-corrected chi connectivity index (χ1v) is 18.6. The Morgan fingerprint density at radius 3 is 1.69 bits per heavy atom. The van der Waals surface area contributed by atoms with Crippen molar-refractivity contribution in [3.05, 3.63) is 164 Å².